The molecule has 0 aliphatic rings. The van der Waals surface area contributed by atoms with Crippen LogP contribution in [0.3, 0.4) is 0 Å². The van der Waals surface area contributed by atoms with Crippen LogP contribution in [0.2, 0.25) is 0 Å². The Morgan fingerprint density at radius 1 is 0.917 bits per heavy atom. The van der Waals surface area contributed by atoms with Gasteiger partial charge in [0, 0.05) is 5.56 Å². The third-order valence-corrected chi connectivity index (χ3v) is 3.29. The van der Waals surface area contributed by atoms with E-state index in [4.69, 9.17) is 4.42 Å². The molecule has 3 amide bonds. The van der Waals surface area contributed by atoms with Crippen molar-refractivity contribution in [3.63, 3.8) is 0 Å². The van der Waals surface area contributed by atoms with E-state index in [-0.39, 0.29) is 31.4 Å². The highest BCUT2D eigenvalue weighted by Gasteiger charge is 2.10. The van der Waals surface area contributed by atoms with Crippen molar-refractivity contribution in [3.05, 3.63) is 59.5 Å². The van der Waals surface area contributed by atoms with Crippen LogP contribution in [0.15, 0.2) is 47.1 Å². The normalized spacial score (nSPS) is 10.0. The van der Waals surface area contributed by atoms with Crippen LogP contribution in [0.4, 0.5) is 0 Å². The molecule has 126 valence electrons. The number of carbonyl (C=O) groups excluding carboxylic acids is 3. The van der Waals surface area contributed by atoms with Crippen molar-refractivity contribution < 1.29 is 18.8 Å². The van der Waals surface area contributed by atoms with Crippen molar-refractivity contribution in [3.8, 4) is 0 Å². The first-order valence-electron chi connectivity index (χ1n) is 7.46. The number of carbonyl (C=O) groups is 3. The summed E-state index contributed by atoms with van der Waals surface area (Å²) in [6, 6.07) is 10.6. The van der Waals surface area contributed by atoms with E-state index in [1.165, 1.54) is 6.26 Å². The molecule has 0 bridgehead atoms. The molecule has 0 fully saturated rings. The SMILES string of the molecule is Cc1ccccc1C(=O)NCC(=O)NCC(=O)NCc1ccco1. The molecule has 1 aromatic heterocycles. The van der Waals surface area contributed by atoms with Crippen LogP contribution in [0.5, 0.6) is 0 Å². The molecule has 0 spiro atoms. The predicted octanol–water partition coefficient (Wildman–Crippen LogP) is 0.750. The highest BCUT2D eigenvalue weighted by molar-refractivity contribution is 5.97. The summed E-state index contributed by atoms with van der Waals surface area (Å²) >= 11 is 0. The van der Waals surface area contributed by atoms with Crippen LogP contribution in [-0.2, 0) is 16.1 Å². The minimum atomic E-state index is -0.440. The Morgan fingerprint density at radius 3 is 2.33 bits per heavy atom. The number of hydrogen-bond acceptors (Lipinski definition) is 4. The van der Waals surface area contributed by atoms with Crippen molar-refractivity contribution in [1.82, 2.24) is 16.0 Å². The third kappa shape index (κ3) is 5.28. The third-order valence-electron chi connectivity index (χ3n) is 3.29. The lowest BCUT2D eigenvalue weighted by molar-refractivity contribution is -0.125. The summed E-state index contributed by atoms with van der Waals surface area (Å²) in [5, 5.41) is 7.56. The Morgan fingerprint density at radius 2 is 1.62 bits per heavy atom. The van der Waals surface area contributed by atoms with Gasteiger partial charge in [0.1, 0.15) is 5.76 Å². The molecule has 0 atom stereocenters. The molecule has 0 aliphatic heterocycles. The lowest BCUT2D eigenvalue weighted by Crippen LogP contribution is -2.41. The lowest BCUT2D eigenvalue weighted by Gasteiger charge is -2.08. The second kappa shape index (κ2) is 8.52. The van der Waals surface area contributed by atoms with Crippen molar-refractivity contribution in [2.45, 2.75) is 13.5 Å². The fraction of sp³-hybridized carbons (Fsp3) is 0.235. The van der Waals surface area contributed by atoms with E-state index in [0.29, 0.717) is 11.3 Å². The first-order chi connectivity index (χ1) is 11.6. The zero-order valence-corrected chi connectivity index (χ0v) is 13.3. The number of nitrogens with one attached hydrogen (secondary N) is 3. The largest absolute Gasteiger partial charge is 0.467 e. The molecule has 0 radical (unpaired) electrons. The van der Waals surface area contributed by atoms with Gasteiger partial charge in [-0.05, 0) is 30.7 Å². The molecular formula is C17H19N3O4. The lowest BCUT2D eigenvalue weighted by atomic mass is 10.1. The number of furan rings is 1. The van der Waals surface area contributed by atoms with Gasteiger partial charge < -0.3 is 20.4 Å². The minimum absolute atomic E-state index is 0.167. The highest BCUT2D eigenvalue weighted by atomic mass is 16.3. The average Bonchev–Trinajstić information content (AvgIpc) is 3.10. The molecule has 0 saturated carbocycles. The van der Waals surface area contributed by atoms with Crippen LogP contribution >= 0.6 is 0 Å². The molecule has 7 nitrogen and oxygen atoms in total. The summed E-state index contributed by atoms with van der Waals surface area (Å²) in [6.07, 6.45) is 1.51. The van der Waals surface area contributed by atoms with E-state index in [2.05, 4.69) is 16.0 Å². The van der Waals surface area contributed by atoms with Gasteiger partial charge in [-0.1, -0.05) is 18.2 Å². The number of amides is 3. The quantitative estimate of drug-likeness (QED) is 0.698. The van der Waals surface area contributed by atoms with Gasteiger partial charge in [0.2, 0.25) is 11.8 Å². The Kier molecular flexibility index (Phi) is 6.13. The Labute approximate surface area is 139 Å². The van der Waals surface area contributed by atoms with Crippen molar-refractivity contribution >= 4 is 17.7 Å². The van der Waals surface area contributed by atoms with Gasteiger partial charge in [-0.15, -0.1) is 0 Å². The van der Waals surface area contributed by atoms with Gasteiger partial charge >= 0.3 is 0 Å². The van der Waals surface area contributed by atoms with E-state index >= 15 is 0 Å². The fourth-order valence-electron chi connectivity index (χ4n) is 1.99. The summed E-state index contributed by atoms with van der Waals surface area (Å²) in [5.74, 6) is -0.485. The van der Waals surface area contributed by atoms with Crippen molar-refractivity contribution in [2.75, 3.05) is 13.1 Å². The van der Waals surface area contributed by atoms with E-state index < -0.39 is 5.91 Å². The van der Waals surface area contributed by atoms with Gasteiger partial charge in [0.15, 0.2) is 0 Å². The summed E-state index contributed by atoms with van der Waals surface area (Å²) < 4.78 is 5.08. The van der Waals surface area contributed by atoms with E-state index in [1.54, 1.807) is 24.3 Å². The van der Waals surface area contributed by atoms with Crippen molar-refractivity contribution in [1.29, 1.82) is 0 Å². The van der Waals surface area contributed by atoms with Gasteiger partial charge in [0.25, 0.3) is 5.91 Å². The topological polar surface area (TPSA) is 100 Å². The van der Waals surface area contributed by atoms with Crippen LogP contribution in [-0.4, -0.2) is 30.8 Å². The molecular weight excluding hydrogens is 310 g/mol. The molecule has 7 heteroatoms. The van der Waals surface area contributed by atoms with Crippen LogP contribution in [0.1, 0.15) is 21.7 Å². The smallest absolute Gasteiger partial charge is 0.251 e. The van der Waals surface area contributed by atoms with Gasteiger partial charge in [0.05, 0.1) is 25.9 Å². The molecule has 3 N–H and O–H groups in total. The average molecular weight is 329 g/mol. The fourth-order valence-corrected chi connectivity index (χ4v) is 1.99. The zero-order chi connectivity index (χ0) is 17.4. The highest BCUT2D eigenvalue weighted by Crippen LogP contribution is 2.06. The van der Waals surface area contributed by atoms with Crippen LogP contribution < -0.4 is 16.0 Å². The second-order valence-corrected chi connectivity index (χ2v) is 5.13. The van der Waals surface area contributed by atoms with Gasteiger partial charge in [-0.3, -0.25) is 14.4 Å². The molecule has 0 aliphatic carbocycles. The predicted molar refractivity (Wildman–Crippen MR) is 87.1 cm³/mol. The summed E-state index contributed by atoms with van der Waals surface area (Å²) in [4.78, 5) is 35.2. The molecule has 2 rings (SSSR count). The van der Waals surface area contributed by atoms with Gasteiger partial charge in [-0.2, -0.15) is 0 Å². The summed E-state index contributed by atoms with van der Waals surface area (Å²) in [5.41, 5.74) is 1.34. The Balaban J connectivity index is 1.67. The number of hydrogen-bond donors (Lipinski definition) is 3. The Bertz CT molecular complexity index is 710. The maximum Gasteiger partial charge on any atom is 0.251 e. The molecule has 1 aromatic carbocycles. The molecule has 0 saturated heterocycles. The number of benzene rings is 1. The minimum Gasteiger partial charge on any atom is -0.467 e. The maximum absolute atomic E-state index is 12.0. The summed E-state index contributed by atoms with van der Waals surface area (Å²) in [7, 11) is 0. The van der Waals surface area contributed by atoms with Crippen LogP contribution in [0, 0.1) is 6.92 Å². The van der Waals surface area contributed by atoms with E-state index in [9.17, 15) is 14.4 Å². The number of aryl methyl sites for hydroxylation is 1. The Hall–Kier alpha value is -3.09. The standard InChI is InChI=1S/C17H19N3O4/c1-12-5-2-3-7-14(12)17(23)20-11-16(22)19-10-15(21)18-9-13-6-4-8-24-13/h2-8H,9-11H2,1H3,(H,18,21)(H,19,22)(H,20,23). The molecule has 24 heavy (non-hydrogen) atoms. The molecule has 0 unspecified atom stereocenters. The zero-order valence-electron chi connectivity index (χ0n) is 13.3. The maximum atomic E-state index is 12.0. The monoisotopic (exact) mass is 329 g/mol. The molecule has 1 heterocycles. The van der Waals surface area contributed by atoms with Crippen molar-refractivity contribution in [2.24, 2.45) is 0 Å². The van der Waals surface area contributed by atoms with E-state index in [1.807, 2.05) is 19.1 Å². The molecule has 2 aromatic rings. The van der Waals surface area contributed by atoms with Crippen LogP contribution in [0.25, 0.3) is 0 Å². The summed E-state index contributed by atoms with van der Waals surface area (Å²) in [6.45, 7) is 1.71. The van der Waals surface area contributed by atoms with Gasteiger partial charge in [-0.25, -0.2) is 0 Å². The number of rotatable bonds is 7. The second-order valence-electron chi connectivity index (χ2n) is 5.13. The van der Waals surface area contributed by atoms with E-state index in [0.717, 1.165) is 5.56 Å². The first-order valence-corrected chi connectivity index (χ1v) is 7.46. The first kappa shape index (κ1) is 17.3.